The maximum Gasteiger partial charge on any atom is 0.127 e. The van der Waals surface area contributed by atoms with Crippen molar-refractivity contribution in [3.8, 4) is 0 Å². The number of rotatable bonds is 12. The van der Waals surface area contributed by atoms with Gasteiger partial charge in [-0.2, -0.15) is 0 Å². The average molecular weight is 332 g/mol. The summed E-state index contributed by atoms with van der Waals surface area (Å²) in [6.45, 7) is 4.79. The highest BCUT2D eigenvalue weighted by molar-refractivity contribution is 6.39. The van der Waals surface area contributed by atoms with Crippen molar-refractivity contribution in [2.45, 2.75) is 135 Å². The lowest BCUT2D eigenvalue weighted by Crippen LogP contribution is -2.12. The van der Waals surface area contributed by atoms with Crippen molar-refractivity contribution in [2.75, 3.05) is 0 Å². The van der Waals surface area contributed by atoms with Crippen LogP contribution in [-0.2, 0) is 0 Å². The summed E-state index contributed by atoms with van der Waals surface area (Å²) in [5.41, 5.74) is 0. The van der Waals surface area contributed by atoms with E-state index in [1.54, 1.807) is 7.28 Å². The number of unbranched alkanes of at least 4 members (excludes halogenated alkanes) is 1. The zero-order valence-electron chi connectivity index (χ0n) is 17.5. The molecule has 24 heavy (non-hydrogen) atoms. The average Bonchev–Trinajstić information content (AvgIpc) is 2.72. The van der Waals surface area contributed by atoms with Crippen LogP contribution in [-0.4, -0.2) is 15.1 Å². The fourth-order valence-corrected chi connectivity index (χ4v) is 4.94. The number of hydrogen-bond donors (Lipinski definition) is 0. The van der Waals surface area contributed by atoms with Gasteiger partial charge in [-0.15, -0.1) is 0 Å². The first-order valence-electron chi connectivity index (χ1n) is 11.8. The van der Waals surface area contributed by atoms with Gasteiger partial charge in [0, 0.05) is 0 Å². The summed E-state index contributed by atoms with van der Waals surface area (Å²) in [6, 6.07) is 0. The Labute approximate surface area is 156 Å². The van der Waals surface area contributed by atoms with Crippen LogP contribution >= 0.6 is 0 Å². The Morgan fingerprint density at radius 3 is 2.04 bits per heavy atom. The molecule has 1 fully saturated rings. The van der Waals surface area contributed by atoms with Crippen molar-refractivity contribution in [3.63, 3.8) is 0 Å². The molecule has 0 aromatic carbocycles. The summed E-state index contributed by atoms with van der Waals surface area (Å²) in [7, 11) is 3.91. The highest BCUT2D eigenvalue weighted by Crippen LogP contribution is 2.32. The third-order valence-corrected chi connectivity index (χ3v) is 6.61. The van der Waals surface area contributed by atoms with E-state index in [1.165, 1.54) is 109 Å². The van der Waals surface area contributed by atoms with E-state index in [0.717, 1.165) is 17.6 Å². The predicted molar refractivity (Wildman–Crippen MR) is 117 cm³/mol. The van der Waals surface area contributed by atoms with Gasteiger partial charge >= 0.3 is 0 Å². The fourth-order valence-electron chi connectivity index (χ4n) is 4.94. The van der Waals surface area contributed by atoms with Crippen LogP contribution < -0.4 is 0 Å². The molecule has 2 heteroatoms. The fraction of sp³-hybridized carbons (Fsp3) is 1.00. The van der Waals surface area contributed by atoms with Gasteiger partial charge in [0.25, 0.3) is 0 Å². The second-order valence-electron chi connectivity index (χ2n) is 8.80. The summed E-state index contributed by atoms with van der Waals surface area (Å²) in [4.78, 5) is 0. The van der Waals surface area contributed by atoms with Crippen molar-refractivity contribution in [1.82, 2.24) is 0 Å². The molecule has 1 saturated carbocycles. The van der Waals surface area contributed by atoms with Crippen LogP contribution in [0.3, 0.4) is 0 Å². The van der Waals surface area contributed by atoms with Crippen molar-refractivity contribution < 1.29 is 0 Å². The molecule has 0 aromatic rings. The summed E-state index contributed by atoms with van der Waals surface area (Å²) in [6.07, 6.45) is 25.2. The van der Waals surface area contributed by atoms with E-state index in [4.69, 9.17) is 0 Å². The Kier molecular flexibility index (Phi) is 14.2. The highest BCUT2D eigenvalue weighted by atomic mass is 14.1. The van der Waals surface area contributed by atoms with Crippen molar-refractivity contribution >= 4 is 15.1 Å². The van der Waals surface area contributed by atoms with Gasteiger partial charge in [0.1, 0.15) is 15.1 Å². The monoisotopic (exact) mass is 332 g/mol. The smallest absolute Gasteiger partial charge is 0.0808 e. The van der Waals surface area contributed by atoms with Crippen LogP contribution in [0.4, 0.5) is 0 Å². The zero-order chi connectivity index (χ0) is 17.5. The van der Waals surface area contributed by atoms with Crippen LogP contribution in [0.1, 0.15) is 117 Å². The first-order valence-corrected chi connectivity index (χ1v) is 11.8. The lowest BCUT2D eigenvalue weighted by Gasteiger charge is -2.22. The van der Waals surface area contributed by atoms with E-state index in [0.29, 0.717) is 0 Å². The molecule has 140 valence electrons. The largest absolute Gasteiger partial charge is 0.127 e. The molecule has 0 amide bonds. The molecule has 1 aliphatic rings. The lowest BCUT2D eigenvalue weighted by molar-refractivity contribution is 0.401. The SMILES string of the molecule is BCCC(CCCC)CCCC(BC1CCCCCCCC1)CC. The van der Waals surface area contributed by atoms with Gasteiger partial charge in [-0.1, -0.05) is 135 Å². The Morgan fingerprint density at radius 1 is 0.833 bits per heavy atom. The molecule has 0 radical (unpaired) electrons. The van der Waals surface area contributed by atoms with Crippen LogP contribution in [0, 0.1) is 5.92 Å². The summed E-state index contributed by atoms with van der Waals surface area (Å²) in [5, 5.41) is 0. The minimum Gasteiger partial charge on any atom is -0.0808 e. The van der Waals surface area contributed by atoms with Gasteiger partial charge in [-0.05, 0) is 5.92 Å². The summed E-state index contributed by atoms with van der Waals surface area (Å²) in [5.74, 6) is 3.10. The summed E-state index contributed by atoms with van der Waals surface area (Å²) >= 11 is 0. The van der Waals surface area contributed by atoms with Crippen molar-refractivity contribution in [3.05, 3.63) is 0 Å². The predicted octanol–water partition coefficient (Wildman–Crippen LogP) is 6.96. The first-order chi connectivity index (χ1) is 11.8. The molecule has 0 heterocycles. The minimum atomic E-state index is 1.02. The van der Waals surface area contributed by atoms with E-state index < -0.39 is 0 Å². The van der Waals surface area contributed by atoms with E-state index in [1.807, 2.05) is 0 Å². The molecule has 1 aliphatic carbocycles. The topological polar surface area (TPSA) is 0 Å². The highest BCUT2D eigenvalue weighted by Gasteiger charge is 2.18. The van der Waals surface area contributed by atoms with Gasteiger partial charge in [0.2, 0.25) is 0 Å². The molecule has 0 saturated heterocycles. The van der Waals surface area contributed by atoms with Crippen LogP contribution in [0.5, 0.6) is 0 Å². The Morgan fingerprint density at radius 2 is 1.46 bits per heavy atom. The van der Waals surface area contributed by atoms with E-state index >= 15 is 0 Å². The van der Waals surface area contributed by atoms with Gasteiger partial charge in [0.15, 0.2) is 0 Å². The van der Waals surface area contributed by atoms with Gasteiger partial charge in [-0.25, -0.2) is 0 Å². The van der Waals surface area contributed by atoms with E-state index in [-0.39, 0.29) is 0 Å². The maximum atomic E-state index is 2.44. The molecular formula is C22H46B2. The van der Waals surface area contributed by atoms with Crippen LogP contribution in [0.15, 0.2) is 0 Å². The Balaban J connectivity index is 2.28. The molecule has 1 rings (SSSR count). The Hall–Kier alpha value is 0.130. The molecule has 2 atom stereocenters. The first kappa shape index (κ1) is 22.2. The Bertz CT molecular complexity index is 257. The zero-order valence-corrected chi connectivity index (χ0v) is 17.5. The van der Waals surface area contributed by atoms with E-state index in [2.05, 4.69) is 21.7 Å². The lowest BCUT2D eigenvalue weighted by atomic mass is 9.50. The van der Waals surface area contributed by atoms with Gasteiger partial charge < -0.3 is 0 Å². The standard InChI is InChI=1S/C22H46B2/c1-3-5-13-20(18-19-23)14-12-17-21(4-2)24-22-15-10-8-6-7-9-11-16-22/h20-22,24H,3-19,23H2,1-2H3. The molecule has 0 N–H and O–H groups in total. The normalized spacial score (nSPS) is 19.9. The summed E-state index contributed by atoms with van der Waals surface area (Å²) < 4.78 is 0. The minimum absolute atomic E-state index is 1.02. The number of hydrogen-bond acceptors (Lipinski definition) is 0. The molecule has 0 bridgehead atoms. The second-order valence-corrected chi connectivity index (χ2v) is 8.80. The van der Waals surface area contributed by atoms with E-state index in [9.17, 15) is 0 Å². The van der Waals surface area contributed by atoms with Crippen molar-refractivity contribution in [1.29, 1.82) is 0 Å². The molecule has 0 spiro atoms. The quantitative estimate of drug-likeness (QED) is 0.339. The third kappa shape index (κ3) is 10.9. The molecule has 0 nitrogen and oxygen atoms in total. The molecule has 0 aromatic heterocycles. The molecule has 0 aliphatic heterocycles. The van der Waals surface area contributed by atoms with Crippen LogP contribution in [0.25, 0.3) is 0 Å². The second kappa shape index (κ2) is 15.4. The molecule has 2 unspecified atom stereocenters. The molecular weight excluding hydrogens is 286 g/mol. The van der Waals surface area contributed by atoms with Gasteiger partial charge in [0.05, 0.1) is 0 Å². The van der Waals surface area contributed by atoms with Crippen LogP contribution in [0.2, 0.25) is 18.0 Å². The third-order valence-electron chi connectivity index (χ3n) is 6.61. The van der Waals surface area contributed by atoms with Gasteiger partial charge in [-0.3, -0.25) is 0 Å². The van der Waals surface area contributed by atoms with Crippen molar-refractivity contribution in [2.24, 2.45) is 5.92 Å². The maximum absolute atomic E-state index is 2.44.